The van der Waals surface area contributed by atoms with E-state index < -0.39 is 6.04 Å². The zero-order valence-corrected chi connectivity index (χ0v) is 18.3. The summed E-state index contributed by atoms with van der Waals surface area (Å²) in [6, 6.07) is 19.8. The number of hydrogen-bond donors (Lipinski definition) is 1. The lowest BCUT2D eigenvalue weighted by Gasteiger charge is -2.31. The largest absolute Gasteiger partial charge is 0.454 e. The Morgan fingerprint density at radius 1 is 0.970 bits per heavy atom. The topological polar surface area (TPSA) is 67.9 Å². The second kappa shape index (κ2) is 10.2. The number of halogens is 1. The number of ether oxygens (including phenoxy) is 2. The predicted molar refractivity (Wildman–Crippen MR) is 121 cm³/mol. The van der Waals surface area contributed by atoms with E-state index in [1.807, 2.05) is 42.5 Å². The Balaban J connectivity index is 1.58. The molecule has 0 spiro atoms. The van der Waals surface area contributed by atoms with Gasteiger partial charge in [-0.05, 0) is 41.0 Å². The number of rotatable bonds is 8. The molecule has 0 bridgehead atoms. The molecule has 4 rings (SSSR count). The van der Waals surface area contributed by atoms with E-state index in [1.54, 1.807) is 25.1 Å². The summed E-state index contributed by atoms with van der Waals surface area (Å²) in [5, 5.41) is 2.95. The van der Waals surface area contributed by atoms with E-state index in [1.165, 1.54) is 17.0 Å². The molecule has 170 valence electrons. The zero-order chi connectivity index (χ0) is 23.2. The van der Waals surface area contributed by atoms with Gasteiger partial charge in [0.2, 0.25) is 18.6 Å². The van der Waals surface area contributed by atoms with Crippen molar-refractivity contribution in [3.63, 3.8) is 0 Å². The summed E-state index contributed by atoms with van der Waals surface area (Å²) in [6.07, 6.45) is 0.236. The number of nitrogens with zero attached hydrogens (tertiary/aromatic N) is 1. The third-order valence-corrected chi connectivity index (χ3v) is 5.47. The molecule has 0 unspecified atom stereocenters. The monoisotopic (exact) mass is 448 g/mol. The Kier molecular flexibility index (Phi) is 6.88. The second-order valence-corrected chi connectivity index (χ2v) is 7.72. The summed E-state index contributed by atoms with van der Waals surface area (Å²) in [7, 11) is 0. The zero-order valence-electron chi connectivity index (χ0n) is 18.3. The van der Waals surface area contributed by atoms with Crippen molar-refractivity contribution in [2.75, 3.05) is 6.79 Å². The van der Waals surface area contributed by atoms with Gasteiger partial charge in [0.1, 0.15) is 11.9 Å². The third kappa shape index (κ3) is 5.31. The van der Waals surface area contributed by atoms with Crippen LogP contribution in [0, 0.1) is 5.82 Å². The van der Waals surface area contributed by atoms with E-state index >= 15 is 0 Å². The molecule has 0 saturated carbocycles. The molecule has 1 heterocycles. The molecule has 2 amide bonds. The molecule has 3 aromatic rings. The normalized spacial score (nSPS) is 12.8. The first-order valence-electron chi connectivity index (χ1n) is 10.8. The number of benzene rings is 3. The fraction of sp³-hybridized carbons (Fsp3) is 0.231. The van der Waals surface area contributed by atoms with Gasteiger partial charge in [-0.15, -0.1) is 0 Å². The first-order chi connectivity index (χ1) is 16.0. The fourth-order valence-electron chi connectivity index (χ4n) is 3.76. The van der Waals surface area contributed by atoms with E-state index in [4.69, 9.17) is 9.47 Å². The number of nitrogens with one attached hydrogen (secondary N) is 1. The van der Waals surface area contributed by atoms with Crippen LogP contribution in [0.2, 0.25) is 0 Å². The van der Waals surface area contributed by atoms with Gasteiger partial charge < -0.3 is 19.7 Å². The maximum absolute atomic E-state index is 13.4. The first kappa shape index (κ1) is 22.3. The maximum Gasteiger partial charge on any atom is 0.247 e. The molecule has 0 saturated heterocycles. The predicted octanol–water partition coefficient (Wildman–Crippen LogP) is 4.35. The van der Waals surface area contributed by atoms with Gasteiger partial charge in [0.05, 0.1) is 0 Å². The highest BCUT2D eigenvalue weighted by atomic mass is 19.1. The molecule has 6 nitrogen and oxygen atoms in total. The molecule has 0 fully saturated rings. The Labute approximate surface area is 191 Å². The fourth-order valence-corrected chi connectivity index (χ4v) is 3.76. The van der Waals surface area contributed by atoms with Crippen LogP contribution in [0.25, 0.3) is 0 Å². The summed E-state index contributed by atoms with van der Waals surface area (Å²) in [6.45, 7) is 2.39. The summed E-state index contributed by atoms with van der Waals surface area (Å²) in [4.78, 5) is 27.9. The highest BCUT2D eigenvalue weighted by Crippen LogP contribution is 2.32. The van der Waals surface area contributed by atoms with Gasteiger partial charge >= 0.3 is 0 Å². The number of hydrogen-bond acceptors (Lipinski definition) is 4. The first-order valence-corrected chi connectivity index (χ1v) is 10.8. The number of amides is 2. The van der Waals surface area contributed by atoms with E-state index in [-0.39, 0.29) is 43.9 Å². The molecule has 3 aromatic carbocycles. The standard InChI is InChI=1S/C26H25FN2O4/c1-2-24(30)29(16-18-8-11-21(27)12-9-18)25(20-6-4-3-5-7-20)26(31)28-15-19-10-13-22-23(14-19)33-17-32-22/h3-14,25H,2,15-17H2,1H3,(H,28,31)/t25-/m0/s1. The molecule has 0 radical (unpaired) electrons. The minimum Gasteiger partial charge on any atom is -0.454 e. The van der Waals surface area contributed by atoms with Crippen molar-refractivity contribution in [2.45, 2.75) is 32.5 Å². The molecular formula is C26H25FN2O4. The second-order valence-electron chi connectivity index (χ2n) is 7.72. The summed E-state index contributed by atoms with van der Waals surface area (Å²) >= 11 is 0. The molecule has 0 aliphatic carbocycles. The Bertz CT molecular complexity index is 1120. The summed E-state index contributed by atoms with van der Waals surface area (Å²) in [5.74, 6) is 0.481. The van der Waals surface area contributed by atoms with E-state index in [0.29, 0.717) is 17.1 Å². The van der Waals surface area contributed by atoms with Crippen LogP contribution in [-0.2, 0) is 22.7 Å². The molecule has 33 heavy (non-hydrogen) atoms. The number of fused-ring (bicyclic) bond motifs is 1. The average molecular weight is 448 g/mol. The Morgan fingerprint density at radius 3 is 2.39 bits per heavy atom. The van der Waals surface area contributed by atoms with Gasteiger partial charge in [-0.1, -0.05) is 55.5 Å². The molecule has 1 atom stereocenters. The van der Waals surface area contributed by atoms with Gasteiger partial charge in [-0.3, -0.25) is 9.59 Å². The van der Waals surface area contributed by atoms with Crippen LogP contribution < -0.4 is 14.8 Å². The van der Waals surface area contributed by atoms with Crippen LogP contribution >= 0.6 is 0 Å². The van der Waals surface area contributed by atoms with Crippen molar-refractivity contribution in [1.82, 2.24) is 10.2 Å². The van der Waals surface area contributed by atoms with Gasteiger partial charge in [0, 0.05) is 19.5 Å². The van der Waals surface area contributed by atoms with Crippen molar-refractivity contribution in [3.05, 3.63) is 95.3 Å². The number of carbonyl (C=O) groups is 2. The molecule has 0 aromatic heterocycles. The van der Waals surface area contributed by atoms with Crippen LogP contribution in [-0.4, -0.2) is 23.5 Å². The van der Waals surface area contributed by atoms with Crippen molar-refractivity contribution in [1.29, 1.82) is 0 Å². The lowest BCUT2D eigenvalue weighted by molar-refractivity contribution is -0.141. The van der Waals surface area contributed by atoms with Gasteiger partial charge in [-0.2, -0.15) is 0 Å². The highest BCUT2D eigenvalue weighted by molar-refractivity contribution is 5.88. The minimum absolute atomic E-state index is 0.175. The van der Waals surface area contributed by atoms with Crippen LogP contribution in [0.1, 0.15) is 36.1 Å². The van der Waals surface area contributed by atoms with Crippen molar-refractivity contribution in [3.8, 4) is 11.5 Å². The molecule has 7 heteroatoms. The smallest absolute Gasteiger partial charge is 0.247 e. The third-order valence-electron chi connectivity index (χ3n) is 5.47. The lowest BCUT2D eigenvalue weighted by Crippen LogP contribution is -2.43. The molecule has 1 aliphatic rings. The summed E-state index contributed by atoms with van der Waals surface area (Å²) < 4.78 is 24.1. The van der Waals surface area contributed by atoms with Crippen LogP contribution in [0.3, 0.4) is 0 Å². The van der Waals surface area contributed by atoms with Gasteiger partial charge in [0.25, 0.3) is 0 Å². The van der Waals surface area contributed by atoms with Gasteiger partial charge in [0.15, 0.2) is 11.5 Å². The molecule has 1 N–H and O–H groups in total. The molecular weight excluding hydrogens is 423 g/mol. The highest BCUT2D eigenvalue weighted by Gasteiger charge is 2.30. The molecule has 1 aliphatic heterocycles. The average Bonchev–Trinajstić information content (AvgIpc) is 3.32. The van der Waals surface area contributed by atoms with Crippen molar-refractivity contribution < 1.29 is 23.5 Å². The van der Waals surface area contributed by atoms with Gasteiger partial charge in [-0.25, -0.2) is 4.39 Å². The Morgan fingerprint density at radius 2 is 1.67 bits per heavy atom. The minimum atomic E-state index is -0.835. The van der Waals surface area contributed by atoms with Crippen molar-refractivity contribution >= 4 is 11.8 Å². The van der Waals surface area contributed by atoms with E-state index in [0.717, 1.165) is 11.1 Å². The maximum atomic E-state index is 13.4. The van der Waals surface area contributed by atoms with E-state index in [9.17, 15) is 14.0 Å². The van der Waals surface area contributed by atoms with Crippen LogP contribution in [0.15, 0.2) is 72.8 Å². The Hall–Kier alpha value is -3.87. The summed E-state index contributed by atoms with van der Waals surface area (Å²) in [5.41, 5.74) is 2.29. The van der Waals surface area contributed by atoms with Crippen LogP contribution in [0.4, 0.5) is 4.39 Å². The quantitative estimate of drug-likeness (QED) is 0.556. The lowest BCUT2D eigenvalue weighted by atomic mass is 10.0. The SMILES string of the molecule is CCC(=O)N(Cc1ccc(F)cc1)[C@H](C(=O)NCc1ccc2c(c1)OCO2)c1ccccc1. The van der Waals surface area contributed by atoms with Crippen molar-refractivity contribution in [2.24, 2.45) is 0 Å². The van der Waals surface area contributed by atoms with E-state index in [2.05, 4.69) is 5.32 Å². The number of carbonyl (C=O) groups excluding carboxylic acids is 2. The van der Waals surface area contributed by atoms with Crippen LogP contribution in [0.5, 0.6) is 11.5 Å².